The molecule has 2 rings (SSSR count). The van der Waals surface area contributed by atoms with Gasteiger partial charge < -0.3 is 14.5 Å². The van der Waals surface area contributed by atoms with Crippen LogP contribution >= 0.6 is 0 Å². The first kappa shape index (κ1) is 18.4. The second-order valence-corrected chi connectivity index (χ2v) is 9.20. The Balaban J connectivity index is 2.18. The minimum atomic E-state index is -0.920. The molecule has 1 heterocycles. The molecule has 0 aromatic heterocycles. The molecule has 2 unspecified atom stereocenters. The Bertz CT molecular complexity index is 642. The monoisotopic (exact) mass is 351 g/mol. The molecule has 0 saturated carbocycles. The minimum Gasteiger partial charge on any atom is -0.478 e. The Morgan fingerprint density at radius 1 is 1.42 bits per heavy atom. The summed E-state index contributed by atoms with van der Waals surface area (Å²) in [6.07, 6.45) is -0.358. The summed E-state index contributed by atoms with van der Waals surface area (Å²) in [5, 5.41) is 13.5. The number of nitro groups is 1. The first-order valence-electron chi connectivity index (χ1n) is 7.80. The lowest BCUT2D eigenvalue weighted by Crippen LogP contribution is -2.44. The summed E-state index contributed by atoms with van der Waals surface area (Å²) in [7, 11) is -0.920. The molecule has 1 radical (unpaired) electrons. The first-order valence-corrected chi connectivity index (χ1v) is 10.2. The van der Waals surface area contributed by atoms with E-state index in [4.69, 9.17) is 9.16 Å². The number of anilines is 1. The van der Waals surface area contributed by atoms with Crippen LogP contribution in [0.5, 0.6) is 5.75 Å². The number of nitrogens with zero attached hydrogens (tertiary/aromatic N) is 1. The molecule has 2 atom stereocenters. The summed E-state index contributed by atoms with van der Waals surface area (Å²) >= 11 is 0. The van der Waals surface area contributed by atoms with E-state index in [1.807, 2.05) is 0 Å². The highest BCUT2D eigenvalue weighted by Gasteiger charge is 2.36. The van der Waals surface area contributed by atoms with Crippen molar-refractivity contribution in [1.82, 2.24) is 0 Å². The van der Waals surface area contributed by atoms with E-state index < -0.39 is 20.1 Å². The zero-order valence-corrected chi connectivity index (χ0v) is 15.6. The number of ether oxygens (including phenoxy) is 1. The number of hydrogen-bond donors (Lipinski definition) is 1. The van der Waals surface area contributed by atoms with Gasteiger partial charge >= 0.3 is 0 Å². The molecule has 8 heteroatoms. The van der Waals surface area contributed by atoms with Crippen molar-refractivity contribution < 1.29 is 18.9 Å². The topological polar surface area (TPSA) is 90.7 Å². The van der Waals surface area contributed by atoms with Crippen LogP contribution in [0.3, 0.4) is 0 Å². The molecule has 7 nitrogen and oxygen atoms in total. The van der Waals surface area contributed by atoms with Gasteiger partial charge in [0.2, 0.25) is 9.04 Å². The summed E-state index contributed by atoms with van der Waals surface area (Å²) < 4.78 is 11.8. The van der Waals surface area contributed by atoms with Gasteiger partial charge in [0.05, 0.1) is 16.7 Å². The first-order chi connectivity index (χ1) is 11.1. The maximum absolute atomic E-state index is 12.3. The highest BCUT2D eigenvalue weighted by atomic mass is 28.3. The van der Waals surface area contributed by atoms with E-state index in [9.17, 15) is 14.9 Å². The summed E-state index contributed by atoms with van der Waals surface area (Å²) in [6, 6.07) is 4.19. The molecule has 24 heavy (non-hydrogen) atoms. The van der Waals surface area contributed by atoms with Crippen LogP contribution in [0.25, 0.3) is 0 Å². The number of hydrogen-bond acceptors (Lipinski definition) is 5. The maximum atomic E-state index is 12.3. The fourth-order valence-electron chi connectivity index (χ4n) is 2.46. The number of carbonyl (C=O) groups is 1. The molecular formula is C16H23N2O5Si. The zero-order chi connectivity index (χ0) is 18.1. The fraction of sp³-hybridized carbons (Fsp3) is 0.562. The number of non-ortho nitro benzene ring substituents is 1. The van der Waals surface area contributed by atoms with E-state index in [2.05, 4.69) is 39.2 Å². The highest BCUT2D eigenvalue weighted by molar-refractivity contribution is 6.48. The second kappa shape index (κ2) is 6.90. The van der Waals surface area contributed by atoms with Crippen LogP contribution in [0.4, 0.5) is 11.4 Å². The third kappa shape index (κ3) is 4.33. The average molecular weight is 351 g/mol. The number of nitrogens with one attached hydrogen (secondary N) is 1. The number of nitro benzene ring substituents is 1. The minimum absolute atomic E-state index is 0.0868. The Labute approximate surface area is 143 Å². The van der Waals surface area contributed by atoms with Crippen LogP contribution in [-0.2, 0) is 9.22 Å². The van der Waals surface area contributed by atoms with Gasteiger partial charge in [-0.3, -0.25) is 14.9 Å². The number of benzene rings is 1. The average Bonchev–Trinajstić information content (AvgIpc) is 2.45. The lowest BCUT2D eigenvalue weighted by Gasteiger charge is -2.36. The van der Waals surface area contributed by atoms with Crippen molar-refractivity contribution in [3.63, 3.8) is 0 Å². The van der Waals surface area contributed by atoms with Crippen molar-refractivity contribution in [3.8, 4) is 5.75 Å². The number of amides is 1. The molecule has 1 N–H and O–H groups in total. The number of fused-ring (bicyclic) bond motifs is 1. The maximum Gasteiger partial charge on any atom is 0.271 e. The second-order valence-electron chi connectivity index (χ2n) is 7.15. The van der Waals surface area contributed by atoms with E-state index in [1.165, 1.54) is 18.2 Å². The Morgan fingerprint density at radius 2 is 2.08 bits per heavy atom. The molecule has 1 aliphatic heterocycles. The summed E-state index contributed by atoms with van der Waals surface area (Å²) in [4.78, 5) is 22.7. The van der Waals surface area contributed by atoms with E-state index in [0.29, 0.717) is 17.9 Å². The van der Waals surface area contributed by atoms with Crippen molar-refractivity contribution in [1.29, 1.82) is 0 Å². The van der Waals surface area contributed by atoms with Crippen LogP contribution in [0.1, 0.15) is 27.2 Å². The van der Waals surface area contributed by atoms with Crippen molar-refractivity contribution in [2.75, 3.05) is 5.32 Å². The third-order valence-corrected chi connectivity index (χ3v) is 4.52. The fourth-order valence-corrected chi connectivity index (χ4v) is 3.48. The Morgan fingerprint density at radius 3 is 2.62 bits per heavy atom. The van der Waals surface area contributed by atoms with Crippen molar-refractivity contribution in [3.05, 3.63) is 28.3 Å². The summed E-state index contributed by atoms with van der Waals surface area (Å²) in [6.45, 7) is 10.3. The highest BCUT2D eigenvalue weighted by Crippen LogP contribution is 2.35. The Kier molecular flexibility index (Phi) is 5.29. The quantitative estimate of drug-likeness (QED) is 0.499. The van der Waals surface area contributed by atoms with Crippen LogP contribution in [0, 0.1) is 15.5 Å². The van der Waals surface area contributed by atoms with Gasteiger partial charge in [-0.1, -0.05) is 20.8 Å². The molecule has 0 fully saturated rings. The van der Waals surface area contributed by atoms with E-state index in [0.717, 1.165) is 0 Å². The third-order valence-electron chi connectivity index (χ3n) is 3.77. The van der Waals surface area contributed by atoms with E-state index in [1.54, 1.807) is 0 Å². The molecule has 1 aromatic carbocycles. The van der Waals surface area contributed by atoms with Crippen LogP contribution in [-0.4, -0.2) is 32.1 Å². The molecule has 0 aliphatic carbocycles. The lowest BCUT2D eigenvalue weighted by atomic mass is 9.85. The van der Waals surface area contributed by atoms with E-state index >= 15 is 0 Å². The zero-order valence-electron chi connectivity index (χ0n) is 14.6. The predicted octanol–water partition coefficient (Wildman–Crippen LogP) is 3.37. The van der Waals surface area contributed by atoms with Crippen molar-refractivity contribution in [2.24, 2.45) is 5.41 Å². The van der Waals surface area contributed by atoms with Gasteiger partial charge in [-0.15, -0.1) is 0 Å². The van der Waals surface area contributed by atoms with Gasteiger partial charge in [0.1, 0.15) is 5.75 Å². The van der Waals surface area contributed by atoms with Crippen LogP contribution in [0.15, 0.2) is 18.2 Å². The molecule has 0 bridgehead atoms. The SMILES string of the molecule is C[Si](C)OC(CC1Oc2ccc([N+](=O)[O-])cc2NC1=O)C(C)(C)C. The normalized spacial score (nSPS) is 18.6. The Hall–Kier alpha value is -1.93. The largest absolute Gasteiger partial charge is 0.478 e. The summed E-state index contributed by atoms with van der Waals surface area (Å²) in [5.74, 6) is 0.137. The van der Waals surface area contributed by atoms with Crippen molar-refractivity contribution >= 4 is 26.3 Å². The predicted molar refractivity (Wildman–Crippen MR) is 92.6 cm³/mol. The molecule has 1 amide bonds. The molecular weight excluding hydrogens is 328 g/mol. The molecule has 0 saturated heterocycles. The van der Waals surface area contributed by atoms with Crippen LogP contribution in [0.2, 0.25) is 13.1 Å². The molecule has 1 aliphatic rings. The van der Waals surface area contributed by atoms with Gasteiger partial charge in [-0.2, -0.15) is 0 Å². The van der Waals surface area contributed by atoms with Gasteiger partial charge in [0.25, 0.3) is 11.6 Å². The summed E-state index contributed by atoms with van der Waals surface area (Å²) in [5.41, 5.74) is 0.118. The van der Waals surface area contributed by atoms with Crippen LogP contribution < -0.4 is 10.1 Å². The number of rotatable bonds is 5. The standard InChI is InChI=1S/C16H23N2O5Si/c1-16(2,3)14(23-24(4)5)9-13-15(19)17-11-8-10(18(20)21)6-7-12(11)22-13/h6-8,13-14H,9H2,1-5H3,(H,17,19). The van der Waals surface area contributed by atoms with Gasteiger partial charge in [-0.25, -0.2) is 0 Å². The van der Waals surface area contributed by atoms with Crippen molar-refractivity contribution in [2.45, 2.75) is 52.5 Å². The molecule has 1 aromatic rings. The van der Waals surface area contributed by atoms with Gasteiger partial charge in [0, 0.05) is 18.6 Å². The lowest BCUT2D eigenvalue weighted by molar-refractivity contribution is -0.384. The van der Waals surface area contributed by atoms with Gasteiger partial charge in [0.15, 0.2) is 6.10 Å². The smallest absolute Gasteiger partial charge is 0.271 e. The van der Waals surface area contributed by atoms with E-state index in [-0.39, 0.29) is 23.1 Å². The number of carbonyl (C=O) groups excluding carboxylic acids is 1. The molecule has 0 spiro atoms. The molecule has 131 valence electrons. The van der Waals surface area contributed by atoms with Gasteiger partial charge in [-0.05, 0) is 24.6 Å².